The van der Waals surface area contributed by atoms with Gasteiger partial charge in [0.15, 0.2) is 0 Å². The maximum Gasteiger partial charge on any atom is 0.119 e. The number of rotatable bonds is 7. The molecule has 0 fully saturated rings. The Balaban J connectivity index is 2.65. The molecule has 0 aliphatic heterocycles. The van der Waals surface area contributed by atoms with Gasteiger partial charge in [-0.2, -0.15) is 0 Å². The summed E-state index contributed by atoms with van der Waals surface area (Å²) in [6.45, 7) is 4.07. The van der Waals surface area contributed by atoms with Gasteiger partial charge in [0.1, 0.15) is 5.75 Å². The van der Waals surface area contributed by atoms with Gasteiger partial charge in [-0.15, -0.1) is 0 Å². The van der Waals surface area contributed by atoms with Gasteiger partial charge in [-0.3, -0.25) is 0 Å². The summed E-state index contributed by atoms with van der Waals surface area (Å²) in [6.07, 6.45) is 0.836. The van der Waals surface area contributed by atoms with Gasteiger partial charge >= 0.3 is 0 Å². The summed E-state index contributed by atoms with van der Waals surface area (Å²) in [6, 6.07) is 7.59. The highest BCUT2D eigenvalue weighted by Crippen LogP contribution is 2.20. The summed E-state index contributed by atoms with van der Waals surface area (Å²) in [4.78, 5) is 0. The SMILES string of the molecule is CCC(CC)C(O)C(O)Cc1cccc(OC)c1. The normalized spacial score (nSPS) is 14.6. The lowest BCUT2D eigenvalue weighted by Crippen LogP contribution is -2.34. The lowest BCUT2D eigenvalue weighted by molar-refractivity contribution is -0.0187. The molecule has 0 aliphatic rings. The lowest BCUT2D eigenvalue weighted by atomic mass is 9.90. The number of methoxy groups -OCH3 is 1. The first-order valence-corrected chi connectivity index (χ1v) is 6.61. The molecule has 0 saturated heterocycles. The lowest BCUT2D eigenvalue weighted by Gasteiger charge is -2.25. The molecule has 18 heavy (non-hydrogen) atoms. The Morgan fingerprint density at radius 3 is 2.39 bits per heavy atom. The van der Waals surface area contributed by atoms with Gasteiger partial charge < -0.3 is 14.9 Å². The van der Waals surface area contributed by atoms with E-state index in [1.807, 2.05) is 38.1 Å². The van der Waals surface area contributed by atoms with E-state index in [9.17, 15) is 10.2 Å². The Morgan fingerprint density at radius 1 is 1.17 bits per heavy atom. The first-order chi connectivity index (χ1) is 8.62. The van der Waals surface area contributed by atoms with Crippen molar-refractivity contribution in [3.8, 4) is 5.75 Å². The van der Waals surface area contributed by atoms with Crippen LogP contribution in [-0.4, -0.2) is 29.5 Å². The smallest absolute Gasteiger partial charge is 0.119 e. The fraction of sp³-hybridized carbons (Fsp3) is 0.600. The van der Waals surface area contributed by atoms with Crippen LogP contribution in [-0.2, 0) is 6.42 Å². The average molecular weight is 252 g/mol. The number of aliphatic hydroxyl groups excluding tert-OH is 2. The van der Waals surface area contributed by atoms with Crippen molar-refractivity contribution in [2.75, 3.05) is 7.11 Å². The van der Waals surface area contributed by atoms with E-state index in [4.69, 9.17) is 4.74 Å². The van der Waals surface area contributed by atoms with Crippen molar-refractivity contribution < 1.29 is 14.9 Å². The van der Waals surface area contributed by atoms with E-state index in [-0.39, 0.29) is 5.92 Å². The van der Waals surface area contributed by atoms with Crippen molar-refractivity contribution in [2.24, 2.45) is 5.92 Å². The fourth-order valence-electron chi connectivity index (χ4n) is 2.25. The summed E-state index contributed by atoms with van der Waals surface area (Å²) >= 11 is 0. The molecule has 1 aromatic carbocycles. The molecule has 3 nitrogen and oxygen atoms in total. The maximum absolute atomic E-state index is 10.1. The summed E-state index contributed by atoms with van der Waals surface area (Å²) in [5.41, 5.74) is 0.979. The van der Waals surface area contributed by atoms with E-state index in [1.165, 1.54) is 0 Å². The van der Waals surface area contributed by atoms with Crippen LogP contribution in [0.3, 0.4) is 0 Å². The third-order valence-corrected chi connectivity index (χ3v) is 3.50. The molecular formula is C15H24O3. The largest absolute Gasteiger partial charge is 0.497 e. The quantitative estimate of drug-likeness (QED) is 0.783. The standard InChI is InChI=1S/C15H24O3/c1-4-12(5-2)15(17)14(16)10-11-7-6-8-13(9-11)18-3/h6-9,12,14-17H,4-5,10H2,1-3H3. The number of benzene rings is 1. The zero-order valence-corrected chi connectivity index (χ0v) is 11.5. The first-order valence-electron chi connectivity index (χ1n) is 6.61. The van der Waals surface area contributed by atoms with Crippen LogP contribution in [0.2, 0.25) is 0 Å². The number of hydrogen-bond donors (Lipinski definition) is 2. The molecule has 102 valence electrons. The Hall–Kier alpha value is -1.06. The van der Waals surface area contributed by atoms with E-state index >= 15 is 0 Å². The Kier molecular flexibility index (Phi) is 6.16. The second-order valence-corrected chi connectivity index (χ2v) is 4.69. The molecule has 2 N–H and O–H groups in total. The molecule has 0 aromatic heterocycles. The second-order valence-electron chi connectivity index (χ2n) is 4.69. The molecular weight excluding hydrogens is 228 g/mol. The van der Waals surface area contributed by atoms with E-state index in [1.54, 1.807) is 7.11 Å². The van der Waals surface area contributed by atoms with Gasteiger partial charge in [0.25, 0.3) is 0 Å². The van der Waals surface area contributed by atoms with Crippen LogP contribution in [0.15, 0.2) is 24.3 Å². The second kappa shape index (κ2) is 7.39. The molecule has 2 atom stereocenters. The topological polar surface area (TPSA) is 49.7 Å². The zero-order chi connectivity index (χ0) is 13.5. The van der Waals surface area contributed by atoms with Crippen LogP contribution in [0.1, 0.15) is 32.3 Å². The van der Waals surface area contributed by atoms with Crippen molar-refractivity contribution >= 4 is 0 Å². The molecule has 0 heterocycles. The minimum atomic E-state index is -0.720. The number of aliphatic hydroxyl groups is 2. The Morgan fingerprint density at radius 2 is 1.83 bits per heavy atom. The van der Waals surface area contributed by atoms with Gasteiger partial charge in [-0.25, -0.2) is 0 Å². The monoisotopic (exact) mass is 252 g/mol. The fourth-order valence-corrected chi connectivity index (χ4v) is 2.25. The predicted octanol–water partition coefficient (Wildman–Crippen LogP) is 2.40. The van der Waals surface area contributed by atoms with E-state index < -0.39 is 12.2 Å². The minimum Gasteiger partial charge on any atom is -0.497 e. The highest BCUT2D eigenvalue weighted by molar-refractivity contribution is 5.28. The van der Waals surface area contributed by atoms with Crippen LogP contribution in [0.25, 0.3) is 0 Å². The first kappa shape index (κ1) is 15.0. The van der Waals surface area contributed by atoms with Crippen LogP contribution >= 0.6 is 0 Å². The summed E-state index contributed by atoms with van der Waals surface area (Å²) in [5, 5.41) is 20.2. The molecule has 0 saturated carbocycles. The maximum atomic E-state index is 10.1. The molecule has 3 heteroatoms. The minimum absolute atomic E-state index is 0.158. The predicted molar refractivity (Wildman–Crippen MR) is 72.8 cm³/mol. The molecule has 0 radical (unpaired) electrons. The van der Waals surface area contributed by atoms with Crippen LogP contribution in [0.4, 0.5) is 0 Å². The summed E-state index contributed by atoms with van der Waals surface area (Å²) < 4.78 is 5.14. The molecule has 0 bridgehead atoms. The molecule has 2 unspecified atom stereocenters. The van der Waals surface area contributed by atoms with Crippen LogP contribution in [0, 0.1) is 5.92 Å². The molecule has 0 spiro atoms. The number of ether oxygens (including phenoxy) is 1. The number of hydrogen-bond acceptors (Lipinski definition) is 3. The van der Waals surface area contributed by atoms with Gasteiger partial charge in [0.05, 0.1) is 19.3 Å². The third-order valence-electron chi connectivity index (χ3n) is 3.50. The molecule has 1 rings (SSSR count). The highest BCUT2D eigenvalue weighted by Gasteiger charge is 2.23. The molecule has 0 amide bonds. The van der Waals surface area contributed by atoms with Crippen molar-refractivity contribution in [2.45, 2.75) is 45.3 Å². The Labute approximate surface area is 109 Å². The van der Waals surface area contributed by atoms with E-state index in [0.29, 0.717) is 6.42 Å². The molecule has 1 aromatic rings. The van der Waals surface area contributed by atoms with Crippen LogP contribution < -0.4 is 4.74 Å². The van der Waals surface area contributed by atoms with Gasteiger partial charge in [0, 0.05) is 6.42 Å². The summed E-state index contributed by atoms with van der Waals surface area (Å²) in [7, 11) is 1.62. The van der Waals surface area contributed by atoms with Crippen molar-refractivity contribution in [3.05, 3.63) is 29.8 Å². The third kappa shape index (κ3) is 4.00. The van der Waals surface area contributed by atoms with E-state index in [2.05, 4.69) is 0 Å². The van der Waals surface area contributed by atoms with Gasteiger partial charge in [-0.05, 0) is 23.6 Å². The van der Waals surface area contributed by atoms with Crippen molar-refractivity contribution in [1.82, 2.24) is 0 Å². The van der Waals surface area contributed by atoms with Crippen molar-refractivity contribution in [1.29, 1.82) is 0 Å². The van der Waals surface area contributed by atoms with Gasteiger partial charge in [0.2, 0.25) is 0 Å². The van der Waals surface area contributed by atoms with Crippen molar-refractivity contribution in [3.63, 3.8) is 0 Å². The Bertz CT molecular complexity index is 347. The summed E-state index contributed by atoms with van der Waals surface area (Å²) in [5.74, 6) is 0.933. The van der Waals surface area contributed by atoms with E-state index in [0.717, 1.165) is 24.2 Å². The van der Waals surface area contributed by atoms with Gasteiger partial charge in [-0.1, -0.05) is 38.8 Å². The van der Waals surface area contributed by atoms with Crippen LogP contribution in [0.5, 0.6) is 5.75 Å². The molecule has 0 aliphatic carbocycles. The zero-order valence-electron chi connectivity index (χ0n) is 11.5. The highest BCUT2D eigenvalue weighted by atomic mass is 16.5. The average Bonchev–Trinajstić information content (AvgIpc) is 2.40.